The minimum atomic E-state index is 0.229. The smallest absolute Gasteiger partial charge is 0.122 e. The van der Waals surface area contributed by atoms with Crippen molar-refractivity contribution in [1.29, 1.82) is 0 Å². The van der Waals surface area contributed by atoms with Crippen LogP contribution in [0.25, 0.3) is 0 Å². The molecule has 2 nitrogen and oxygen atoms in total. The Labute approximate surface area is 126 Å². The summed E-state index contributed by atoms with van der Waals surface area (Å²) in [5.41, 5.74) is 3.93. The molecule has 1 N–H and O–H groups in total. The molecule has 0 bridgehead atoms. The SMILES string of the molecule is Cc1ccccc1CC(CO)CC1COc2ccccc21. The summed E-state index contributed by atoms with van der Waals surface area (Å²) in [7, 11) is 0. The maximum Gasteiger partial charge on any atom is 0.122 e. The maximum absolute atomic E-state index is 9.75. The number of aliphatic hydroxyl groups excluding tert-OH is 1. The molecule has 110 valence electrons. The highest BCUT2D eigenvalue weighted by Crippen LogP contribution is 2.37. The normalized spacial score (nSPS) is 18.1. The lowest BCUT2D eigenvalue weighted by molar-refractivity contribution is 0.203. The van der Waals surface area contributed by atoms with Gasteiger partial charge in [-0.1, -0.05) is 42.5 Å². The molecule has 1 aliphatic rings. The number of aryl methyl sites for hydroxylation is 1. The highest BCUT2D eigenvalue weighted by molar-refractivity contribution is 5.39. The largest absolute Gasteiger partial charge is 0.493 e. The predicted octanol–water partition coefficient (Wildman–Crippen LogP) is 3.71. The topological polar surface area (TPSA) is 29.5 Å². The van der Waals surface area contributed by atoms with Gasteiger partial charge in [-0.2, -0.15) is 0 Å². The minimum absolute atomic E-state index is 0.229. The molecular weight excluding hydrogens is 260 g/mol. The molecule has 2 heteroatoms. The van der Waals surface area contributed by atoms with E-state index in [1.165, 1.54) is 16.7 Å². The van der Waals surface area contributed by atoms with Crippen LogP contribution in [0.1, 0.15) is 29.0 Å². The van der Waals surface area contributed by atoms with Gasteiger partial charge in [0, 0.05) is 18.1 Å². The van der Waals surface area contributed by atoms with E-state index in [2.05, 4.69) is 43.3 Å². The Morgan fingerprint density at radius 2 is 1.90 bits per heavy atom. The van der Waals surface area contributed by atoms with Gasteiger partial charge in [0.05, 0.1) is 6.61 Å². The third-order valence-electron chi connectivity index (χ3n) is 4.44. The molecule has 2 unspecified atom stereocenters. The lowest BCUT2D eigenvalue weighted by atomic mass is 9.86. The highest BCUT2D eigenvalue weighted by atomic mass is 16.5. The molecule has 0 fully saturated rings. The molecule has 1 heterocycles. The summed E-state index contributed by atoms with van der Waals surface area (Å²) in [6.45, 7) is 3.11. The van der Waals surface area contributed by atoms with Gasteiger partial charge in [-0.05, 0) is 42.9 Å². The standard InChI is InChI=1S/C19H22O2/c1-14-6-2-3-7-16(14)10-15(12-20)11-17-13-21-19-9-5-4-8-18(17)19/h2-9,15,17,20H,10-13H2,1H3. The molecule has 0 saturated heterocycles. The summed E-state index contributed by atoms with van der Waals surface area (Å²) in [6, 6.07) is 16.7. The predicted molar refractivity (Wildman–Crippen MR) is 84.8 cm³/mol. The van der Waals surface area contributed by atoms with Crippen molar-refractivity contribution in [2.24, 2.45) is 5.92 Å². The molecule has 0 amide bonds. The number of benzene rings is 2. The number of hydrogen-bond acceptors (Lipinski definition) is 2. The Hall–Kier alpha value is -1.80. The molecule has 0 aromatic heterocycles. The molecule has 21 heavy (non-hydrogen) atoms. The van der Waals surface area contributed by atoms with Gasteiger partial charge in [0.25, 0.3) is 0 Å². The van der Waals surface area contributed by atoms with Crippen molar-refractivity contribution in [2.45, 2.75) is 25.7 Å². The minimum Gasteiger partial charge on any atom is -0.493 e. The van der Waals surface area contributed by atoms with Gasteiger partial charge in [-0.15, -0.1) is 0 Å². The number of para-hydroxylation sites is 1. The van der Waals surface area contributed by atoms with Gasteiger partial charge < -0.3 is 9.84 Å². The number of rotatable bonds is 5. The van der Waals surface area contributed by atoms with E-state index in [0.717, 1.165) is 25.2 Å². The monoisotopic (exact) mass is 282 g/mol. The summed E-state index contributed by atoms with van der Waals surface area (Å²) in [6.07, 6.45) is 1.91. The summed E-state index contributed by atoms with van der Waals surface area (Å²) >= 11 is 0. The molecule has 1 aliphatic heterocycles. The summed E-state index contributed by atoms with van der Waals surface area (Å²) in [5, 5.41) is 9.75. The Morgan fingerprint density at radius 3 is 2.71 bits per heavy atom. The van der Waals surface area contributed by atoms with Gasteiger partial charge >= 0.3 is 0 Å². The van der Waals surface area contributed by atoms with Crippen LogP contribution in [0.5, 0.6) is 5.75 Å². The van der Waals surface area contributed by atoms with Crippen molar-refractivity contribution in [3.8, 4) is 5.75 Å². The van der Waals surface area contributed by atoms with Gasteiger partial charge in [0.2, 0.25) is 0 Å². The van der Waals surface area contributed by atoms with E-state index in [9.17, 15) is 5.11 Å². The lowest BCUT2D eigenvalue weighted by Gasteiger charge is -2.19. The quantitative estimate of drug-likeness (QED) is 0.906. The van der Waals surface area contributed by atoms with E-state index in [0.29, 0.717) is 5.92 Å². The van der Waals surface area contributed by atoms with Gasteiger partial charge in [-0.25, -0.2) is 0 Å². The Balaban J connectivity index is 1.70. The first-order valence-electron chi connectivity index (χ1n) is 7.65. The number of hydrogen-bond donors (Lipinski definition) is 1. The van der Waals surface area contributed by atoms with Crippen LogP contribution in [0.2, 0.25) is 0 Å². The first-order chi connectivity index (χ1) is 10.3. The molecule has 2 aromatic carbocycles. The van der Waals surface area contributed by atoms with Crippen molar-refractivity contribution >= 4 is 0 Å². The zero-order valence-electron chi connectivity index (χ0n) is 12.5. The third-order valence-corrected chi connectivity index (χ3v) is 4.44. The summed E-state index contributed by atoms with van der Waals surface area (Å²) < 4.78 is 5.75. The van der Waals surface area contributed by atoms with Crippen molar-refractivity contribution < 1.29 is 9.84 Å². The average molecular weight is 282 g/mol. The average Bonchev–Trinajstić information content (AvgIpc) is 2.92. The van der Waals surface area contributed by atoms with E-state index in [4.69, 9.17) is 4.74 Å². The molecule has 0 saturated carbocycles. The van der Waals surface area contributed by atoms with E-state index < -0.39 is 0 Å². The molecule has 0 aliphatic carbocycles. The molecule has 3 rings (SSSR count). The first-order valence-corrected chi connectivity index (χ1v) is 7.65. The third kappa shape index (κ3) is 3.11. The molecule has 0 radical (unpaired) electrons. The van der Waals surface area contributed by atoms with Gasteiger partial charge in [-0.3, -0.25) is 0 Å². The fraction of sp³-hybridized carbons (Fsp3) is 0.368. The van der Waals surface area contributed by atoms with Crippen LogP contribution >= 0.6 is 0 Å². The van der Waals surface area contributed by atoms with Crippen LogP contribution in [0.4, 0.5) is 0 Å². The Bertz CT molecular complexity index is 606. The molecule has 2 atom stereocenters. The molecule has 0 spiro atoms. The van der Waals surface area contributed by atoms with Crippen LogP contribution < -0.4 is 4.74 Å². The van der Waals surface area contributed by atoms with Crippen molar-refractivity contribution in [1.82, 2.24) is 0 Å². The van der Waals surface area contributed by atoms with Crippen LogP contribution in [0.15, 0.2) is 48.5 Å². The van der Waals surface area contributed by atoms with Crippen LogP contribution in [-0.2, 0) is 6.42 Å². The van der Waals surface area contributed by atoms with E-state index >= 15 is 0 Å². The fourth-order valence-electron chi connectivity index (χ4n) is 3.20. The Morgan fingerprint density at radius 1 is 1.14 bits per heavy atom. The summed E-state index contributed by atoms with van der Waals surface area (Å²) in [5.74, 6) is 1.70. The fourth-order valence-corrected chi connectivity index (χ4v) is 3.20. The Kier molecular flexibility index (Phi) is 4.26. The number of ether oxygens (including phenoxy) is 1. The van der Waals surface area contributed by atoms with Gasteiger partial charge in [0.1, 0.15) is 5.75 Å². The van der Waals surface area contributed by atoms with E-state index in [-0.39, 0.29) is 12.5 Å². The number of aliphatic hydroxyl groups is 1. The van der Waals surface area contributed by atoms with Crippen molar-refractivity contribution in [3.63, 3.8) is 0 Å². The first kappa shape index (κ1) is 14.2. The number of fused-ring (bicyclic) bond motifs is 1. The zero-order valence-corrected chi connectivity index (χ0v) is 12.5. The van der Waals surface area contributed by atoms with Crippen LogP contribution in [0, 0.1) is 12.8 Å². The maximum atomic E-state index is 9.75. The molecular formula is C19H22O2. The molecule has 2 aromatic rings. The van der Waals surface area contributed by atoms with E-state index in [1.807, 2.05) is 12.1 Å². The highest BCUT2D eigenvalue weighted by Gasteiger charge is 2.26. The van der Waals surface area contributed by atoms with Crippen LogP contribution in [0.3, 0.4) is 0 Å². The second kappa shape index (κ2) is 6.31. The zero-order chi connectivity index (χ0) is 14.7. The lowest BCUT2D eigenvalue weighted by Crippen LogP contribution is -2.15. The van der Waals surface area contributed by atoms with Crippen molar-refractivity contribution in [3.05, 3.63) is 65.2 Å². The second-order valence-corrected chi connectivity index (χ2v) is 5.96. The van der Waals surface area contributed by atoms with Crippen LogP contribution in [-0.4, -0.2) is 18.3 Å². The second-order valence-electron chi connectivity index (χ2n) is 5.96. The van der Waals surface area contributed by atoms with Gasteiger partial charge in [0.15, 0.2) is 0 Å². The summed E-state index contributed by atoms with van der Waals surface area (Å²) in [4.78, 5) is 0. The van der Waals surface area contributed by atoms with E-state index in [1.54, 1.807) is 0 Å². The van der Waals surface area contributed by atoms with Crippen molar-refractivity contribution in [2.75, 3.05) is 13.2 Å².